The number of nitrogens with one attached hydrogen (secondary N) is 1. The van der Waals surface area contributed by atoms with E-state index >= 15 is 0 Å². The first kappa shape index (κ1) is 14.2. The summed E-state index contributed by atoms with van der Waals surface area (Å²) in [4.78, 5) is 13.7. The molecular weight excluding hydrogens is 214 g/mol. The molecule has 1 aliphatic rings. The van der Waals surface area contributed by atoms with Crippen LogP contribution in [0.25, 0.3) is 0 Å². The Hall–Kier alpha value is -0.870. The van der Waals surface area contributed by atoms with Crippen molar-refractivity contribution in [1.82, 2.24) is 10.2 Å². The standard InChI is InChI=1S/C13H25N3O/c1-13(2,3)11-4-8-16(9-5-11)10-12(17)15-7-6-14/h4H,5-10,14H2,1-3H3,(H,15,17). The van der Waals surface area contributed by atoms with Crippen LogP contribution in [0.5, 0.6) is 0 Å². The molecular formula is C13H25N3O. The average Bonchev–Trinajstić information content (AvgIpc) is 2.26. The summed E-state index contributed by atoms with van der Waals surface area (Å²) >= 11 is 0. The van der Waals surface area contributed by atoms with Gasteiger partial charge in [0.1, 0.15) is 0 Å². The zero-order valence-corrected chi connectivity index (χ0v) is 11.3. The van der Waals surface area contributed by atoms with Gasteiger partial charge in [0.05, 0.1) is 6.54 Å². The third kappa shape index (κ3) is 4.88. The molecule has 17 heavy (non-hydrogen) atoms. The maximum absolute atomic E-state index is 11.5. The van der Waals surface area contributed by atoms with Crippen LogP contribution in [0.2, 0.25) is 0 Å². The van der Waals surface area contributed by atoms with Crippen LogP contribution in [-0.4, -0.2) is 43.5 Å². The molecule has 3 N–H and O–H groups in total. The van der Waals surface area contributed by atoms with Gasteiger partial charge in [0.25, 0.3) is 0 Å². The van der Waals surface area contributed by atoms with Gasteiger partial charge < -0.3 is 11.1 Å². The first-order chi connectivity index (χ1) is 7.93. The molecule has 1 heterocycles. The van der Waals surface area contributed by atoms with Crippen molar-refractivity contribution >= 4 is 5.91 Å². The molecule has 0 fully saturated rings. The lowest BCUT2D eigenvalue weighted by molar-refractivity contribution is -0.122. The lowest BCUT2D eigenvalue weighted by atomic mass is 9.83. The minimum Gasteiger partial charge on any atom is -0.354 e. The molecule has 0 radical (unpaired) electrons. The highest BCUT2D eigenvalue weighted by Gasteiger charge is 2.21. The van der Waals surface area contributed by atoms with E-state index < -0.39 is 0 Å². The van der Waals surface area contributed by atoms with Gasteiger partial charge in [-0.3, -0.25) is 9.69 Å². The number of nitrogens with zero attached hydrogens (tertiary/aromatic N) is 1. The Morgan fingerprint density at radius 2 is 2.24 bits per heavy atom. The quantitative estimate of drug-likeness (QED) is 0.711. The molecule has 0 aliphatic carbocycles. The second-order valence-electron chi connectivity index (χ2n) is 5.60. The maximum atomic E-state index is 11.5. The molecule has 0 aromatic carbocycles. The normalized spacial score (nSPS) is 17.8. The topological polar surface area (TPSA) is 58.4 Å². The third-order valence-corrected chi connectivity index (χ3v) is 3.09. The molecule has 0 spiro atoms. The molecule has 0 aromatic heterocycles. The summed E-state index contributed by atoms with van der Waals surface area (Å²) in [5, 5.41) is 2.79. The Morgan fingerprint density at radius 3 is 2.71 bits per heavy atom. The van der Waals surface area contributed by atoms with Crippen LogP contribution in [0.15, 0.2) is 11.6 Å². The van der Waals surface area contributed by atoms with Crippen LogP contribution < -0.4 is 11.1 Å². The highest BCUT2D eigenvalue weighted by molar-refractivity contribution is 5.78. The van der Waals surface area contributed by atoms with E-state index in [-0.39, 0.29) is 11.3 Å². The first-order valence-corrected chi connectivity index (χ1v) is 6.32. The first-order valence-electron chi connectivity index (χ1n) is 6.32. The van der Waals surface area contributed by atoms with E-state index in [0.29, 0.717) is 19.6 Å². The molecule has 1 aliphatic heterocycles. The van der Waals surface area contributed by atoms with Gasteiger partial charge in [0, 0.05) is 26.2 Å². The largest absolute Gasteiger partial charge is 0.354 e. The molecule has 1 rings (SSSR count). The molecule has 0 atom stereocenters. The number of nitrogens with two attached hydrogens (primary N) is 1. The summed E-state index contributed by atoms with van der Waals surface area (Å²) in [6, 6.07) is 0. The van der Waals surface area contributed by atoms with E-state index in [4.69, 9.17) is 5.73 Å². The van der Waals surface area contributed by atoms with Crippen molar-refractivity contribution in [2.24, 2.45) is 11.1 Å². The summed E-state index contributed by atoms with van der Waals surface area (Å²) in [6.45, 7) is 10.1. The zero-order chi connectivity index (χ0) is 12.9. The van der Waals surface area contributed by atoms with Gasteiger partial charge in [-0.15, -0.1) is 0 Å². The van der Waals surface area contributed by atoms with E-state index in [1.54, 1.807) is 0 Å². The summed E-state index contributed by atoms with van der Waals surface area (Å²) in [6.07, 6.45) is 3.33. The fraction of sp³-hybridized carbons (Fsp3) is 0.769. The summed E-state index contributed by atoms with van der Waals surface area (Å²) in [5.41, 5.74) is 7.09. The molecule has 4 nitrogen and oxygen atoms in total. The summed E-state index contributed by atoms with van der Waals surface area (Å²) < 4.78 is 0. The zero-order valence-electron chi connectivity index (χ0n) is 11.3. The monoisotopic (exact) mass is 239 g/mol. The van der Waals surface area contributed by atoms with Gasteiger partial charge in [-0.05, 0) is 11.8 Å². The van der Waals surface area contributed by atoms with Crippen molar-refractivity contribution in [1.29, 1.82) is 0 Å². The molecule has 0 saturated heterocycles. The van der Waals surface area contributed by atoms with Crippen LogP contribution in [0.4, 0.5) is 0 Å². The van der Waals surface area contributed by atoms with Crippen LogP contribution in [0.1, 0.15) is 27.2 Å². The third-order valence-electron chi connectivity index (χ3n) is 3.09. The predicted molar refractivity (Wildman–Crippen MR) is 70.7 cm³/mol. The van der Waals surface area contributed by atoms with Crippen molar-refractivity contribution in [2.45, 2.75) is 27.2 Å². The van der Waals surface area contributed by atoms with Gasteiger partial charge in [-0.25, -0.2) is 0 Å². The van der Waals surface area contributed by atoms with Gasteiger partial charge in [-0.1, -0.05) is 32.4 Å². The Balaban J connectivity index is 2.37. The number of hydrogen-bond acceptors (Lipinski definition) is 3. The molecule has 98 valence electrons. The fourth-order valence-corrected chi connectivity index (χ4v) is 2.01. The van der Waals surface area contributed by atoms with Crippen LogP contribution in [0, 0.1) is 5.41 Å². The lowest BCUT2D eigenvalue weighted by Crippen LogP contribution is -2.41. The van der Waals surface area contributed by atoms with Crippen LogP contribution in [-0.2, 0) is 4.79 Å². The van der Waals surface area contributed by atoms with Crippen molar-refractivity contribution in [3.63, 3.8) is 0 Å². The van der Waals surface area contributed by atoms with Crippen LogP contribution in [0.3, 0.4) is 0 Å². The highest BCUT2D eigenvalue weighted by Crippen LogP contribution is 2.29. The molecule has 0 unspecified atom stereocenters. The average molecular weight is 239 g/mol. The number of carbonyl (C=O) groups excluding carboxylic acids is 1. The van der Waals surface area contributed by atoms with E-state index in [9.17, 15) is 4.79 Å². The van der Waals surface area contributed by atoms with E-state index in [1.165, 1.54) is 5.57 Å². The minimum absolute atomic E-state index is 0.0723. The molecule has 1 amide bonds. The Kier molecular flexibility index (Phi) is 5.15. The fourth-order valence-electron chi connectivity index (χ4n) is 2.01. The van der Waals surface area contributed by atoms with Gasteiger partial charge in [-0.2, -0.15) is 0 Å². The smallest absolute Gasteiger partial charge is 0.234 e. The number of rotatable bonds is 4. The van der Waals surface area contributed by atoms with Crippen molar-refractivity contribution in [3.8, 4) is 0 Å². The second-order valence-corrected chi connectivity index (χ2v) is 5.60. The number of amides is 1. The van der Waals surface area contributed by atoms with Gasteiger partial charge >= 0.3 is 0 Å². The number of carbonyl (C=O) groups is 1. The summed E-state index contributed by atoms with van der Waals surface area (Å²) in [7, 11) is 0. The minimum atomic E-state index is 0.0723. The van der Waals surface area contributed by atoms with Crippen molar-refractivity contribution in [2.75, 3.05) is 32.7 Å². The van der Waals surface area contributed by atoms with E-state index in [0.717, 1.165) is 19.5 Å². The second kappa shape index (κ2) is 6.17. The highest BCUT2D eigenvalue weighted by atomic mass is 16.2. The number of hydrogen-bond donors (Lipinski definition) is 2. The molecule has 4 heteroatoms. The Bertz CT molecular complexity index is 292. The SMILES string of the molecule is CC(C)(C)C1=CCN(CC(=O)NCCN)CC1. The lowest BCUT2D eigenvalue weighted by Gasteiger charge is -2.31. The molecule has 0 aromatic rings. The Morgan fingerprint density at radius 1 is 1.53 bits per heavy atom. The van der Waals surface area contributed by atoms with Crippen molar-refractivity contribution in [3.05, 3.63) is 11.6 Å². The predicted octanol–water partition coefficient (Wildman–Crippen LogP) is 0.740. The molecule has 0 bridgehead atoms. The van der Waals surface area contributed by atoms with Gasteiger partial charge in [0.15, 0.2) is 0 Å². The molecule has 0 saturated carbocycles. The Labute approximate surface area is 104 Å². The van der Waals surface area contributed by atoms with Crippen molar-refractivity contribution < 1.29 is 4.79 Å². The van der Waals surface area contributed by atoms with Crippen LogP contribution >= 0.6 is 0 Å². The maximum Gasteiger partial charge on any atom is 0.234 e. The van der Waals surface area contributed by atoms with Gasteiger partial charge in [0.2, 0.25) is 5.91 Å². The summed E-state index contributed by atoms with van der Waals surface area (Å²) in [5.74, 6) is 0.0723. The van der Waals surface area contributed by atoms with E-state index in [2.05, 4.69) is 37.1 Å². The van der Waals surface area contributed by atoms with E-state index in [1.807, 2.05) is 0 Å².